The van der Waals surface area contributed by atoms with Crippen molar-refractivity contribution in [1.29, 1.82) is 0 Å². The van der Waals surface area contributed by atoms with E-state index in [0.29, 0.717) is 18.8 Å². The molecule has 6 heteroatoms. The lowest BCUT2D eigenvalue weighted by Crippen LogP contribution is -2.35. The van der Waals surface area contributed by atoms with Crippen molar-refractivity contribution in [3.05, 3.63) is 58.7 Å². The largest absolute Gasteiger partial charge is 0.422 e. The maximum atomic E-state index is 12.8. The molecule has 0 aliphatic carbocycles. The summed E-state index contributed by atoms with van der Waals surface area (Å²) in [5, 5.41) is 0. The van der Waals surface area contributed by atoms with Gasteiger partial charge in [-0.25, -0.2) is 13.2 Å². The first-order chi connectivity index (χ1) is 12.8. The van der Waals surface area contributed by atoms with E-state index in [0.717, 1.165) is 36.0 Å². The van der Waals surface area contributed by atoms with Crippen molar-refractivity contribution in [1.82, 2.24) is 4.31 Å². The van der Waals surface area contributed by atoms with E-state index < -0.39 is 16.0 Å². The molecule has 1 aliphatic rings. The van der Waals surface area contributed by atoms with E-state index in [1.807, 2.05) is 32.9 Å². The summed E-state index contributed by atoms with van der Waals surface area (Å²) >= 11 is 0. The van der Waals surface area contributed by atoms with Crippen LogP contribution in [0, 0.1) is 20.8 Å². The van der Waals surface area contributed by atoms with E-state index in [-0.39, 0.29) is 10.5 Å². The fraction of sp³-hybridized carbons (Fsp3) is 0.381. The van der Waals surface area contributed by atoms with Gasteiger partial charge in [-0.3, -0.25) is 0 Å². The van der Waals surface area contributed by atoms with Crippen LogP contribution >= 0.6 is 0 Å². The number of nitrogens with zero attached hydrogens (tertiary/aromatic N) is 1. The molecular formula is C21H25NO4S. The van der Waals surface area contributed by atoms with Crippen LogP contribution in [-0.4, -0.2) is 31.8 Å². The van der Waals surface area contributed by atoms with Crippen LogP contribution in [0.2, 0.25) is 0 Å². The highest BCUT2D eigenvalue weighted by molar-refractivity contribution is 7.89. The van der Waals surface area contributed by atoms with E-state index in [1.54, 1.807) is 12.1 Å². The highest BCUT2D eigenvalue weighted by atomic mass is 32.2. The minimum atomic E-state index is -3.59. The summed E-state index contributed by atoms with van der Waals surface area (Å²) in [7, 11) is -3.59. The van der Waals surface area contributed by atoms with Crippen molar-refractivity contribution in [2.75, 3.05) is 13.1 Å². The third kappa shape index (κ3) is 4.06. The molecule has 0 aromatic heterocycles. The fourth-order valence-electron chi connectivity index (χ4n) is 3.27. The topological polar surface area (TPSA) is 63.7 Å². The molecule has 2 aromatic carbocycles. The molecule has 0 unspecified atom stereocenters. The lowest BCUT2D eigenvalue weighted by atomic mass is 10.1. The van der Waals surface area contributed by atoms with Gasteiger partial charge in [0.1, 0.15) is 5.75 Å². The Bertz CT molecular complexity index is 960. The van der Waals surface area contributed by atoms with Crippen LogP contribution in [-0.2, 0) is 10.0 Å². The van der Waals surface area contributed by atoms with Crippen molar-refractivity contribution in [2.45, 2.75) is 44.9 Å². The Balaban J connectivity index is 1.87. The number of esters is 1. The molecule has 5 nitrogen and oxygen atoms in total. The maximum absolute atomic E-state index is 12.8. The van der Waals surface area contributed by atoms with E-state index in [1.165, 1.54) is 16.4 Å². The van der Waals surface area contributed by atoms with Gasteiger partial charge in [0.2, 0.25) is 10.0 Å². The predicted molar refractivity (Wildman–Crippen MR) is 105 cm³/mol. The van der Waals surface area contributed by atoms with Crippen LogP contribution < -0.4 is 4.74 Å². The molecular weight excluding hydrogens is 362 g/mol. The molecule has 0 saturated carbocycles. The van der Waals surface area contributed by atoms with Gasteiger partial charge < -0.3 is 4.74 Å². The van der Waals surface area contributed by atoms with Gasteiger partial charge in [-0.1, -0.05) is 24.6 Å². The van der Waals surface area contributed by atoms with Gasteiger partial charge in [0.05, 0.1) is 10.5 Å². The zero-order chi connectivity index (χ0) is 19.6. The molecule has 0 amide bonds. The molecule has 0 N–H and O–H groups in total. The van der Waals surface area contributed by atoms with E-state index in [4.69, 9.17) is 4.74 Å². The number of aryl methyl sites for hydroxylation is 2. The minimum absolute atomic E-state index is 0.136. The van der Waals surface area contributed by atoms with Gasteiger partial charge in [-0.2, -0.15) is 4.31 Å². The maximum Gasteiger partial charge on any atom is 0.343 e. The quantitative estimate of drug-likeness (QED) is 0.587. The van der Waals surface area contributed by atoms with Crippen molar-refractivity contribution in [3.63, 3.8) is 0 Å². The molecule has 1 heterocycles. The van der Waals surface area contributed by atoms with E-state index in [9.17, 15) is 13.2 Å². The van der Waals surface area contributed by atoms with Gasteiger partial charge in [0.25, 0.3) is 0 Å². The molecule has 1 aliphatic heterocycles. The first kappa shape index (κ1) is 19.6. The summed E-state index contributed by atoms with van der Waals surface area (Å²) in [5.41, 5.74) is 3.03. The number of benzene rings is 2. The van der Waals surface area contributed by atoms with Crippen LogP contribution in [0.4, 0.5) is 0 Å². The summed E-state index contributed by atoms with van der Waals surface area (Å²) in [5.74, 6) is -0.0215. The summed E-state index contributed by atoms with van der Waals surface area (Å²) in [6.45, 7) is 6.80. The standard InChI is InChI=1S/C21H25NO4S/c1-15-10-11-16(2)20(17(15)3)26-21(23)18-8-7-9-19(14-18)27(24,25)22-12-5-4-6-13-22/h7-11,14H,4-6,12-13H2,1-3H3. The average molecular weight is 388 g/mol. The Kier molecular flexibility index (Phi) is 5.67. The predicted octanol–water partition coefficient (Wildman–Crippen LogP) is 4.01. The molecule has 0 radical (unpaired) electrons. The van der Waals surface area contributed by atoms with Crippen molar-refractivity contribution >= 4 is 16.0 Å². The number of sulfonamides is 1. The Morgan fingerprint density at radius 3 is 2.33 bits per heavy atom. The number of rotatable bonds is 4. The first-order valence-electron chi connectivity index (χ1n) is 9.20. The Labute approximate surface area is 161 Å². The van der Waals surface area contributed by atoms with Gasteiger partial charge in [-0.15, -0.1) is 0 Å². The summed E-state index contributed by atoms with van der Waals surface area (Å²) in [6.07, 6.45) is 2.79. The number of hydrogen-bond acceptors (Lipinski definition) is 4. The lowest BCUT2D eigenvalue weighted by Gasteiger charge is -2.26. The van der Waals surface area contributed by atoms with Gasteiger partial charge >= 0.3 is 5.97 Å². The molecule has 2 aromatic rings. The minimum Gasteiger partial charge on any atom is -0.422 e. The summed E-state index contributed by atoms with van der Waals surface area (Å²) < 4.78 is 32.8. The van der Waals surface area contributed by atoms with E-state index in [2.05, 4.69) is 0 Å². The fourth-order valence-corrected chi connectivity index (χ4v) is 4.84. The van der Waals surface area contributed by atoms with Crippen LogP contribution in [0.1, 0.15) is 46.3 Å². The zero-order valence-electron chi connectivity index (χ0n) is 16.0. The number of carbonyl (C=O) groups is 1. The summed E-state index contributed by atoms with van der Waals surface area (Å²) in [4.78, 5) is 12.8. The first-order valence-corrected chi connectivity index (χ1v) is 10.6. The number of hydrogen-bond donors (Lipinski definition) is 0. The van der Waals surface area contributed by atoms with Gasteiger partial charge in [-0.05, 0) is 68.5 Å². The Morgan fingerprint density at radius 2 is 1.63 bits per heavy atom. The van der Waals surface area contributed by atoms with Gasteiger partial charge in [0, 0.05) is 13.1 Å². The summed E-state index contributed by atoms with van der Waals surface area (Å²) in [6, 6.07) is 9.99. The van der Waals surface area contributed by atoms with Crippen LogP contribution in [0.5, 0.6) is 5.75 Å². The monoisotopic (exact) mass is 387 g/mol. The Hall–Kier alpha value is -2.18. The van der Waals surface area contributed by atoms with Crippen LogP contribution in [0.15, 0.2) is 41.3 Å². The third-order valence-electron chi connectivity index (χ3n) is 5.09. The highest BCUT2D eigenvalue weighted by Crippen LogP contribution is 2.27. The van der Waals surface area contributed by atoms with E-state index >= 15 is 0 Å². The SMILES string of the molecule is Cc1ccc(C)c(OC(=O)c2cccc(S(=O)(=O)N3CCCCC3)c2)c1C. The zero-order valence-corrected chi connectivity index (χ0v) is 16.8. The number of piperidine rings is 1. The van der Waals surface area contributed by atoms with Gasteiger partial charge in [0.15, 0.2) is 0 Å². The van der Waals surface area contributed by atoms with Crippen molar-refractivity contribution < 1.29 is 17.9 Å². The molecule has 3 rings (SSSR count). The molecule has 27 heavy (non-hydrogen) atoms. The molecule has 1 fully saturated rings. The average Bonchev–Trinajstić information content (AvgIpc) is 2.69. The molecule has 0 bridgehead atoms. The molecule has 0 atom stereocenters. The molecule has 1 saturated heterocycles. The molecule has 144 valence electrons. The lowest BCUT2D eigenvalue weighted by molar-refractivity contribution is 0.0732. The van der Waals surface area contributed by atoms with Crippen LogP contribution in [0.3, 0.4) is 0 Å². The smallest absolute Gasteiger partial charge is 0.343 e. The number of carbonyl (C=O) groups excluding carboxylic acids is 1. The second kappa shape index (κ2) is 7.82. The second-order valence-corrected chi connectivity index (χ2v) is 8.97. The van der Waals surface area contributed by atoms with Crippen molar-refractivity contribution in [2.24, 2.45) is 0 Å². The third-order valence-corrected chi connectivity index (χ3v) is 6.99. The second-order valence-electron chi connectivity index (χ2n) is 7.04. The normalized spacial score (nSPS) is 15.5. The van der Waals surface area contributed by atoms with Crippen LogP contribution in [0.25, 0.3) is 0 Å². The Morgan fingerprint density at radius 1 is 0.963 bits per heavy atom. The number of ether oxygens (including phenoxy) is 1. The molecule has 0 spiro atoms. The highest BCUT2D eigenvalue weighted by Gasteiger charge is 2.26. The van der Waals surface area contributed by atoms with Crippen molar-refractivity contribution in [3.8, 4) is 5.75 Å².